The first-order valence-electron chi connectivity index (χ1n) is 4.45. The fourth-order valence-electron chi connectivity index (χ4n) is 0.812. The number of esters is 1. The van der Waals surface area contributed by atoms with Gasteiger partial charge in [-0.25, -0.2) is 9.59 Å². The molecule has 0 aromatic heterocycles. The molecule has 0 bridgehead atoms. The summed E-state index contributed by atoms with van der Waals surface area (Å²) < 4.78 is 5.49. The van der Waals surface area contributed by atoms with Gasteiger partial charge in [-0.15, -0.1) is 0 Å². The number of halogens is 2. The van der Waals surface area contributed by atoms with E-state index in [0.29, 0.717) is 3.57 Å². The summed E-state index contributed by atoms with van der Waals surface area (Å²) in [5.41, 5.74) is -0.0497. The maximum absolute atomic E-state index is 10.6. The first kappa shape index (κ1) is 17.2. The molecule has 0 spiro atoms. The third kappa shape index (κ3) is 5.67. The molecule has 0 unspecified atom stereocenters. The van der Waals surface area contributed by atoms with Gasteiger partial charge < -0.3 is 14.9 Å². The summed E-state index contributed by atoms with van der Waals surface area (Å²) in [5.74, 6) is -1.66. The summed E-state index contributed by atoms with van der Waals surface area (Å²) in [6.07, 6.45) is 1.11. The van der Waals surface area contributed by atoms with Gasteiger partial charge in [0.15, 0.2) is 0 Å². The third-order valence-corrected chi connectivity index (χ3v) is 3.07. The maximum Gasteiger partial charge on any atom is 0.339 e. The van der Waals surface area contributed by atoms with Gasteiger partial charge in [0.05, 0.1) is 10.7 Å². The van der Waals surface area contributed by atoms with E-state index in [-0.39, 0.29) is 11.3 Å². The van der Waals surface area contributed by atoms with Crippen molar-refractivity contribution in [3.8, 4) is 5.75 Å². The van der Waals surface area contributed by atoms with Crippen molar-refractivity contribution in [2.24, 2.45) is 0 Å². The van der Waals surface area contributed by atoms with Gasteiger partial charge in [-0.3, -0.25) is 0 Å². The van der Waals surface area contributed by atoms with Gasteiger partial charge in [-0.1, -0.05) is 6.58 Å². The molecular formula is C11H10I2O5. The molecule has 7 heteroatoms. The Balaban J connectivity index is 0.000000411. The lowest BCUT2D eigenvalue weighted by Gasteiger charge is -2.02. The maximum atomic E-state index is 10.6. The average Bonchev–Trinajstić information content (AvgIpc) is 2.33. The number of carbonyl (C=O) groups excluding carboxylic acids is 1. The van der Waals surface area contributed by atoms with Crippen LogP contribution in [0.15, 0.2) is 24.8 Å². The molecule has 0 fully saturated rings. The number of ether oxygens (including phenoxy) is 1. The van der Waals surface area contributed by atoms with Crippen molar-refractivity contribution < 1.29 is 24.5 Å². The van der Waals surface area contributed by atoms with Crippen LogP contribution in [0.2, 0.25) is 0 Å². The monoisotopic (exact) mass is 476 g/mol. The molecule has 2 N–H and O–H groups in total. The standard InChI is InChI=1S/C7H4I2O3.C4H6O2/c8-3-1-4(7(11)12)6(10)5(9)2-3;1-3-4(5)6-2/h1-2,10H,(H,11,12);3H,1H2,2H3. The second-order valence-corrected chi connectivity index (χ2v) is 5.22. The summed E-state index contributed by atoms with van der Waals surface area (Å²) in [7, 11) is 1.31. The molecule has 0 aliphatic carbocycles. The topological polar surface area (TPSA) is 83.8 Å². The molecule has 18 heavy (non-hydrogen) atoms. The molecule has 0 aliphatic rings. The highest BCUT2D eigenvalue weighted by molar-refractivity contribution is 14.1. The number of carboxylic acids is 1. The SMILES string of the molecule is C=CC(=O)OC.O=C(O)c1cc(I)cc(I)c1O. The lowest BCUT2D eigenvalue weighted by Crippen LogP contribution is -1.98. The van der Waals surface area contributed by atoms with Crippen molar-refractivity contribution in [1.82, 2.24) is 0 Å². The lowest BCUT2D eigenvalue weighted by molar-refractivity contribution is -0.134. The Morgan fingerprint density at radius 1 is 1.39 bits per heavy atom. The smallest absolute Gasteiger partial charge is 0.339 e. The van der Waals surface area contributed by atoms with E-state index < -0.39 is 11.9 Å². The summed E-state index contributed by atoms with van der Waals surface area (Å²) in [6.45, 7) is 3.16. The van der Waals surface area contributed by atoms with Crippen LogP contribution in [0.5, 0.6) is 5.75 Å². The fraction of sp³-hybridized carbons (Fsp3) is 0.0909. The van der Waals surface area contributed by atoms with Crippen LogP contribution >= 0.6 is 45.2 Å². The average molecular weight is 476 g/mol. The van der Waals surface area contributed by atoms with E-state index in [2.05, 4.69) is 11.3 Å². The first-order chi connectivity index (χ1) is 8.33. The van der Waals surface area contributed by atoms with Crippen molar-refractivity contribution in [1.29, 1.82) is 0 Å². The number of methoxy groups -OCH3 is 1. The van der Waals surface area contributed by atoms with Gasteiger partial charge in [0.2, 0.25) is 0 Å². The van der Waals surface area contributed by atoms with E-state index in [9.17, 15) is 14.7 Å². The zero-order valence-corrected chi connectivity index (χ0v) is 13.6. The van der Waals surface area contributed by atoms with E-state index in [4.69, 9.17) is 5.11 Å². The molecular weight excluding hydrogens is 466 g/mol. The Labute approximate surface area is 131 Å². The van der Waals surface area contributed by atoms with Gasteiger partial charge in [0.25, 0.3) is 0 Å². The zero-order valence-electron chi connectivity index (χ0n) is 9.31. The highest BCUT2D eigenvalue weighted by Gasteiger charge is 2.12. The number of hydrogen-bond acceptors (Lipinski definition) is 4. The lowest BCUT2D eigenvalue weighted by atomic mass is 10.2. The minimum absolute atomic E-state index is 0.0497. The van der Waals surface area contributed by atoms with Crippen molar-refractivity contribution >= 4 is 57.1 Å². The summed E-state index contributed by atoms with van der Waals surface area (Å²) in [6, 6.07) is 3.14. The van der Waals surface area contributed by atoms with Crippen LogP contribution in [-0.2, 0) is 9.53 Å². The zero-order chi connectivity index (χ0) is 14.3. The summed E-state index contributed by atoms with van der Waals surface area (Å²) in [4.78, 5) is 20.4. The molecule has 98 valence electrons. The summed E-state index contributed by atoms with van der Waals surface area (Å²) >= 11 is 3.89. The number of aromatic carboxylic acids is 1. The predicted octanol–water partition coefficient (Wildman–Crippen LogP) is 2.65. The fourth-order valence-corrected chi connectivity index (χ4v) is 2.66. The Morgan fingerprint density at radius 3 is 2.28 bits per heavy atom. The molecule has 0 atom stereocenters. The van der Waals surface area contributed by atoms with Crippen molar-refractivity contribution in [3.63, 3.8) is 0 Å². The molecule has 0 heterocycles. The van der Waals surface area contributed by atoms with Gasteiger partial charge in [0, 0.05) is 9.65 Å². The van der Waals surface area contributed by atoms with Crippen LogP contribution in [-0.4, -0.2) is 29.3 Å². The van der Waals surface area contributed by atoms with Gasteiger partial charge in [-0.2, -0.15) is 0 Å². The number of carboxylic acid groups (broad SMARTS) is 1. The van der Waals surface area contributed by atoms with E-state index in [0.717, 1.165) is 9.65 Å². The molecule has 1 aromatic rings. The second-order valence-electron chi connectivity index (χ2n) is 2.82. The number of aromatic hydroxyl groups is 1. The van der Waals surface area contributed by atoms with Crippen LogP contribution < -0.4 is 0 Å². The third-order valence-electron chi connectivity index (χ3n) is 1.63. The Morgan fingerprint density at radius 2 is 1.94 bits per heavy atom. The van der Waals surface area contributed by atoms with Crippen LogP contribution in [0.1, 0.15) is 10.4 Å². The van der Waals surface area contributed by atoms with E-state index >= 15 is 0 Å². The molecule has 1 aromatic carbocycles. The van der Waals surface area contributed by atoms with Crippen LogP contribution in [0.25, 0.3) is 0 Å². The number of carbonyl (C=O) groups is 2. The molecule has 0 amide bonds. The van der Waals surface area contributed by atoms with E-state index in [1.165, 1.54) is 13.2 Å². The molecule has 1 rings (SSSR count). The minimum atomic E-state index is -1.11. The predicted molar refractivity (Wildman–Crippen MR) is 82.7 cm³/mol. The Hall–Kier alpha value is -0.840. The first-order valence-corrected chi connectivity index (χ1v) is 6.60. The number of benzene rings is 1. The van der Waals surface area contributed by atoms with E-state index in [1.807, 2.05) is 45.2 Å². The van der Waals surface area contributed by atoms with Gasteiger partial charge in [0.1, 0.15) is 11.3 Å². The number of hydrogen-bond donors (Lipinski definition) is 2. The van der Waals surface area contributed by atoms with Crippen molar-refractivity contribution in [2.45, 2.75) is 0 Å². The van der Waals surface area contributed by atoms with Gasteiger partial charge in [-0.05, 0) is 57.3 Å². The van der Waals surface area contributed by atoms with Crippen LogP contribution in [0.3, 0.4) is 0 Å². The summed E-state index contributed by atoms with van der Waals surface area (Å²) in [5, 5.41) is 17.9. The Kier molecular flexibility index (Phi) is 7.91. The molecule has 0 saturated carbocycles. The van der Waals surface area contributed by atoms with Crippen LogP contribution in [0.4, 0.5) is 0 Å². The molecule has 5 nitrogen and oxygen atoms in total. The van der Waals surface area contributed by atoms with Crippen molar-refractivity contribution in [3.05, 3.63) is 37.5 Å². The molecule has 0 radical (unpaired) electrons. The van der Waals surface area contributed by atoms with Gasteiger partial charge >= 0.3 is 11.9 Å². The Bertz CT molecular complexity index is 471. The van der Waals surface area contributed by atoms with Crippen LogP contribution in [0, 0.1) is 7.14 Å². The highest BCUT2D eigenvalue weighted by atomic mass is 127. The molecule has 0 saturated heterocycles. The highest BCUT2D eigenvalue weighted by Crippen LogP contribution is 2.26. The quantitative estimate of drug-likeness (QED) is 0.390. The normalized spacial score (nSPS) is 8.83. The van der Waals surface area contributed by atoms with E-state index in [1.54, 1.807) is 6.07 Å². The van der Waals surface area contributed by atoms with Crippen molar-refractivity contribution in [2.75, 3.05) is 7.11 Å². The minimum Gasteiger partial charge on any atom is -0.506 e. The second kappa shape index (κ2) is 8.29. The number of phenols is 1. The largest absolute Gasteiger partial charge is 0.506 e. The number of rotatable bonds is 2. The molecule has 0 aliphatic heterocycles.